The highest BCUT2D eigenvalue weighted by Crippen LogP contribution is 2.28. The molecule has 2 aromatic carbocycles. The van der Waals surface area contributed by atoms with Crippen LogP contribution in [0, 0.1) is 11.6 Å². The lowest BCUT2D eigenvalue weighted by molar-refractivity contribution is -0.134. The second-order valence-electron chi connectivity index (χ2n) is 6.47. The molecule has 1 saturated heterocycles. The minimum absolute atomic E-state index is 0.0943. The summed E-state index contributed by atoms with van der Waals surface area (Å²) in [4.78, 5) is 37.9. The molecule has 1 unspecified atom stereocenters. The van der Waals surface area contributed by atoms with Gasteiger partial charge in [0, 0.05) is 16.6 Å². The normalized spacial score (nSPS) is 18.9. The van der Waals surface area contributed by atoms with E-state index in [1.807, 2.05) is 0 Å². The second kappa shape index (κ2) is 7.67. The molecule has 1 fully saturated rings. The van der Waals surface area contributed by atoms with Crippen LogP contribution < -0.4 is 10.6 Å². The number of amides is 4. The first kappa shape index (κ1) is 19.9. The molecule has 4 amide bonds. The number of imide groups is 1. The van der Waals surface area contributed by atoms with Gasteiger partial charge in [0.25, 0.3) is 5.91 Å². The van der Waals surface area contributed by atoms with Gasteiger partial charge < -0.3 is 10.6 Å². The van der Waals surface area contributed by atoms with E-state index in [-0.39, 0.29) is 12.1 Å². The maximum atomic E-state index is 13.7. The number of urea groups is 1. The fourth-order valence-corrected chi connectivity index (χ4v) is 3.30. The molecule has 1 heterocycles. The van der Waals surface area contributed by atoms with Crippen molar-refractivity contribution < 1.29 is 23.2 Å². The fourth-order valence-electron chi connectivity index (χ4n) is 2.89. The summed E-state index contributed by atoms with van der Waals surface area (Å²) in [6.45, 7) is 0.870. The number of carbonyl (C=O) groups is 3. The number of nitrogens with zero attached hydrogens (tertiary/aromatic N) is 1. The third-order valence-electron chi connectivity index (χ3n) is 4.48. The van der Waals surface area contributed by atoms with Gasteiger partial charge in [0.1, 0.15) is 23.7 Å². The van der Waals surface area contributed by atoms with Gasteiger partial charge in [0.15, 0.2) is 0 Å². The van der Waals surface area contributed by atoms with E-state index < -0.39 is 41.6 Å². The summed E-state index contributed by atoms with van der Waals surface area (Å²) < 4.78 is 27.5. The van der Waals surface area contributed by atoms with E-state index in [4.69, 9.17) is 0 Å². The molecule has 0 bridgehead atoms. The molecule has 6 nitrogen and oxygen atoms in total. The zero-order chi connectivity index (χ0) is 20.5. The van der Waals surface area contributed by atoms with E-state index in [2.05, 4.69) is 26.6 Å². The summed E-state index contributed by atoms with van der Waals surface area (Å²) in [5, 5.41) is 5.02. The Morgan fingerprint density at radius 1 is 1.18 bits per heavy atom. The molecule has 1 aliphatic heterocycles. The van der Waals surface area contributed by atoms with Gasteiger partial charge in [0.05, 0.1) is 0 Å². The highest BCUT2D eigenvalue weighted by atomic mass is 79.9. The van der Waals surface area contributed by atoms with Crippen LogP contribution in [-0.4, -0.2) is 29.3 Å². The van der Waals surface area contributed by atoms with Crippen LogP contribution in [0.15, 0.2) is 46.9 Å². The van der Waals surface area contributed by atoms with E-state index in [9.17, 15) is 23.2 Å². The molecule has 0 aromatic heterocycles. The fraction of sp³-hybridized carbons (Fsp3) is 0.211. The van der Waals surface area contributed by atoms with Crippen molar-refractivity contribution in [2.75, 3.05) is 6.54 Å². The molecule has 0 saturated carbocycles. The van der Waals surface area contributed by atoms with E-state index in [1.165, 1.54) is 49.4 Å². The van der Waals surface area contributed by atoms with Crippen LogP contribution >= 0.6 is 15.9 Å². The van der Waals surface area contributed by atoms with Gasteiger partial charge in [-0.2, -0.15) is 0 Å². The van der Waals surface area contributed by atoms with Gasteiger partial charge in [-0.15, -0.1) is 0 Å². The zero-order valence-electron chi connectivity index (χ0n) is 14.8. The molecule has 2 aromatic rings. The van der Waals surface area contributed by atoms with Crippen molar-refractivity contribution in [3.8, 4) is 0 Å². The third kappa shape index (κ3) is 3.89. The van der Waals surface area contributed by atoms with Crippen molar-refractivity contribution in [3.63, 3.8) is 0 Å². The summed E-state index contributed by atoms with van der Waals surface area (Å²) in [7, 11) is 0. The van der Waals surface area contributed by atoms with Crippen molar-refractivity contribution in [1.82, 2.24) is 15.5 Å². The van der Waals surface area contributed by atoms with Crippen LogP contribution in [0.5, 0.6) is 0 Å². The highest BCUT2D eigenvalue weighted by Gasteiger charge is 2.49. The lowest BCUT2D eigenvalue weighted by Crippen LogP contribution is -2.43. The average Bonchev–Trinajstić information content (AvgIpc) is 2.87. The number of rotatable bonds is 5. The van der Waals surface area contributed by atoms with Crippen molar-refractivity contribution in [2.24, 2.45) is 0 Å². The van der Waals surface area contributed by atoms with E-state index in [0.717, 1.165) is 4.90 Å². The first-order valence-corrected chi connectivity index (χ1v) is 9.11. The number of halogens is 3. The molecular weight excluding hydrogens is 436 g/mol. The molecule has 0 aliphatic carbocycles. The van der Waals surface area contributed by atoms with Crippen molar-refractivity contribution in [1.29, 1.82) is 0 Å². The van der Waals surface area contributed by atoms with Crippen LogP contribution in [-0.2, 0) is 21.7 Å². The second-order valence-corrected chi connectivity index (χ2v) is 7.38. The van der Waals surface area contributed by atoms with Gasteiger partial charge in [-0.05, 0) is 42.8 Å². The SMILES string of the molecule is CC1(c2ccc(F)cc2)NC(=O)N(CC(=O)NCc2cc(Br)ccc2F)C1=O. The number of hydrogen-bond acceptors (Lipinski definition) is 3. The monoisotopic (exact) mass is 451 g/mol. The number of benzene rings is 2. The maximum absolute atomic E-state index is 13.7. The molecule has 0 spiro atoms. The molecule has 9 heteroatoms. The van der Waals surface area contributed by atoms with Gasteiger partial charge in [-0.25, -0.2) is 13.6 Å². The molecule has 2 N–H and O–H groups in total. The van der Waals surface area contributed by atoms with Crippen LogP contribution in [0.2, 0.25) is 0 Å². The summed E-state index contributed by atoms with van der Waals surface area (Å²) in [5.41, 5.74) is -0.746. The predicted octanol–water partition coefficient (Wildman–Crippen LogP) is 2.81. The number of nitrogens with one attached hydrogen (secondary N) is 2. The summed E-state index contributed by atoms with van der Waals surface area (Å²) >= 11 is 3.22. The Morgan fingerprint density at radius 2 is 1.86 bits per heavy atom. The Morgan fingerprint density at radius 3 is 2.54 bits per heavy atom. The lowest BCUT2D eigenvalue weighted by Gasteiger charge is -2.22. The molecule has 28 heavy (non-hydrogen) atoms. The summed E-state index contributed by atoms with van der Waals surface area (Å²) in [6.07, 6.45) is 0. The van der Waals surface area contributed by atoms with Crippen LogP contribution in [0.1, 0.15) is 18.1 Å². The molecule has 1 atom stereocenters. The Hall–Kier alpha value is -2.81. The Bertz CT molecular complexity index is 952. The lowest BCUT2D eigenvalue weighted by atomic mass is 9.92. The van der Waals surface area contributed by atoms with E-state index in [1.54, 1.807) is 0 Å². The first-order valence-electron chi connectivity index (χ1n) is 8.31. The minimum Gasteiger partial charge on any atom is -0.350 e. The van der Waals surface area contributed by atoms with Crippen molar-refractivity contribution in [2.45, 2.75) is 19.0 Å². The molecular formula is C19H16BrF2N3O3. The van der Waals surface area contributed by atoms with Gasteiger partial charge in [-0.3, -0.25) is 14.5 Å². The standard InChI is InChI=1S/C19H16BrF2N3O3/c1-19(12-2-5-14(21)6-3-12)17(27)25(18(28)24-19)10-16(26)23-9-11-8-13(20)4-7-15(11)22/h2-8H,9-10H2,1H3,(H,23,26)(H,24,28). The highest BCUT2D eigenvalue weighted by molar-refractivity contribution is 9.10. The van der Waals surface area contributed by atoms with E-state index >= 15 is 0 Å². The van der Waals surface area contributed by atoms with Gasteiger partial charge in [-0.1, -0.05) is 28.1 Å². The Kier molecular flexibility index (Phi) is 5.46. The van der Waals surface area contributed by atoms with Crippen LogP contribution in [0.3, 0.4) is 0 Å². The molecule has 3 rings (SSSR count). The summed E-state index contributed by atoms with van der Waals surface area (Å²) in [5.74, 6) is -2.21. The molecule has 0 radical (unpaired) electrons. The number of carbonyl (C=O) groups excluding carboxylic acids is 3. The quantitative estimate of drug-likeness (QED) is 0.686. The Labute approximate surface area is 168 Å². The number of hydrogen-bond donors (Lipinski definition) is 2. The first-order chi connectivity index (χ1) is 13.2. The Balaban J connectivity index is 1.67. The smallest absolute Gasteiger partial charge is 0.325 e. The third-order valence-corrected chi connectivity index (χ3v) is 4.98. The van der Waals surface area contributed by atoms with Crippen LogP contribution in [0.4, 0.5) is 13.6 Å². The topological polar surface area (TPSA) is 78.5 Å². The van der Waals surface area contributed by atoms with Crippen molar-refractivity contribution in [3.05, 3.63) is 69.7 Å². The van der Waals surface area contributed by atoms with Gasteiger partial charge >= 0.3 is 6.03 Å². The summed E-state index contributed by atoms with van der Waals surface area (Å²) in [6, 6.07) is 8.74. The largest absolute Gasteiger partial charge is 0.350 e. The maximum Gasteiger partial charge on any atom is 0.325 e. The molecule has 146 valence electrons. The van der Waals surface area contributed by atoms with E-state index in [0.29, 0.717) is 10.0 Å². The minimum atomic E-state index is -1.40. The van der Waals surface area contributed by atoms with Gasteiger partial charge in [0.2, 0.25) is 5.91 Å². The zero-order valence-corrected chi connectivity index (χ0v) is 16.3. The van der Waals surface area contributed by atoms with Crippen LogP contribution in [0.25, 0.3) is 0 Å². The average molecular weight is 452 g/mol. The predicted molar refractivity (Wildman–Crippen MR) is 99.9 cm³/mol. The van der Waals surface area contributed by atoms with Crippen molar-refractivity contribution >= 4 is 33.8 Å². The molecule has 1 aliphatic rings.